The van der Waals surface area contributed by atoms with Gasteiger partial charge in [0.25, 0.3) is 0 Å². The number of nitrogens with zero attached hydrogens (tertiary/aromatic N) is 1. The Balaban J connectivity index is 1.84. The van der Waals surface area contributed by atoms with Gasteiger partial charge < -0.3 is 29.6 Å². The summed E-state index contributed by atoms with van der Waals surface area (Å²) in [6.45, 7) is 6.83. The second kappa shape index (κ2) is 14.6. The van der Waals surface area contributed by atoms with Gasteiger partial charge in [-0.25, -0.2) is 14.4 Å². The normalized spacial score (nSPS) is 11.3. The molecule has 1 aromatic carbocycles. The summed E-state index contributed by atoms with van der Waals surface area (Å²) in [4.78, 5) is 37.8. The maximum absolute atomic E-state index is 12.2. The van der Waals surface area contributed by atoms with Gasteiger partial charge in [-0.15, -0.1) is 6.42 Å². The number of benzene rings is 1. The van der Waals surface area contributed by atoms with Crippen LogP contribution in [0.5, 0.6) is 5.75 Å². The molecule has 2 aromatic rings. The number of carbonyl (C=O) groups is 2. The molecule has 0 atom stereocenters. The number of rotatable bonds is 12. The highest BCUT2D eigenvalue weighted by molar-refractivity contribution is 9.10. The van der Waals surface area contributed by atoms with E-state index in [1.54, 1.807) is 18.0 Å². The van der Waals surface area contributed by atoms with Crippen LogP contribution < -0.4 is 16.3 Å². The molecule has 3 N–H and O–H groups in total. The van der Waals surface area contributed by atoms with Crippen LogP contribution in [0, 0.1) is 12.3 Å². The van der Waals surface area contributed by atoms with E-state index in [0.29, 0.717) is 40.6 Å². The molecule has 2 amide bonds. The minimum absolute atomic E-state index is 0.0547. The second-order valence-electron chi connectivity index (χ2n) is 9.88. The Bertz CT molecular complexity index is 1210. The third kappa shape index (κ3) is 10.3. The molecule has 38 heavy (non-hydrogen) atoms. The molecule has 208 valence electrons. The molecule has 10 nitrogen and oxygen atoms in total. The Labute approximate surface area is 231 Å². The predicted molar refractivity (Wildman–Crippen MR) is 148 cm³/mol. The van der Waals surface area contributed by atoms with Crippen molar-refractivity contribution in [3.63, 3.8) is 0 Å². The van der Waals surface area contributed by atoms with Gasteiger partial charge in [0, 0.05) is 36.7 Å². The van der Waals surface area contributed by atoms with Crippen molar-refractivity contribution in [1.82, 2.24) is 15.5 Å². The highest BCUT2D eigenvalue weighted by Gasteiger charge is 2.19. The van der Waals surface area contributed by atoms with Gasteiger partial charge in [0.05, 0.1) is 16.6 Å². The molecule has 0 bridgehead atoms. The van der Waals surface area contributed by atoms with Crippen LogP contribution in [0.4, 0.5) is 9.59 Å². The van der Waals surface area contributed by atoms with Crippen LogP contribution in [0.2, 0.25) is 0 Å². The molecular formula is C27H36BrN3O7. The van der Waals surface area contributed by atoms with Crippen molar-refractivity contribution in [2.45, 2.75) is 65.2 Å². The van der Waals surface area contributed by atoms with E-state index >= 15 is 0 Å². The molecule has 0 radical (unpaired) electrons. The van der Waals surface area contributed by atoms with Crippen molar-refractivity contribution in [1.29, 1.82) is 0 Å². The zero-order chi connectivity index (χ0) is 28.3. The molecule has 11 heteroatoms. The van der Waals surface area contributed by atoms with Crippen LogP contribution >= 0.6 is 15.9 Å². The molecule has 0 saturated carbocycles. The molecule has 0 unspecified atom stereocenters. The van der Waals surface area contributed by atoms with E-state index in [2.05, 4.69) is 32.5 Å². The monoisotopic (exact) mass is 593 g/mol. The molecule has 0 aliphatic carbocycles. The lowest BCUT2D eigenvalue weighted by Gasteiger charge is -2.19. The fourth-order valence-corrected chi connectivity index (χ4v) is 4.09. The zero-order valence-corrected chi connectivity index (χ0v) is 23.9. The van der Waals surface area contributed by atoms with Crippen molar-refractivity contribution >= 4 is 39.1 Å². The van der Waals surface area contributed by atoms with Gasteiger partial charge in [0.2, 0.25) is 0 Å². The highest BCUT2D eigenvalue weighted by atomic mass is 79.9. The first-order valence-electron chi connectivity index (χ1n) is 12.4. The van der Waals surface area contributed by atoms with E-state index < -0.39 is 23.4 Å². The van der Waals surface area contributed by atoms with Crippen molar-refractivity contribution in [3.8, 4) is 18.1 Å². The molecule has 0 spiro atoms. The average molecular weight is 595 g/mol. The van der Waals surface area contributed by atoms with Crippen LogP contribution in [-0.2, 0) is 22.6 Å². The number of aromatic hydroxyl groups is 1. The summed E-state index contributed by atoms with van der Waals surface area (Å²) in [6, 6.07) is 2.88. The zero-order valence-electron chi connectivity index (χ0n) is 22.3. The number of fused-ring (bicyclic) bond motifs is 1. The average Bonchev–Trinajstić information content (AvgIpc) is 2.81. The van der Waals surface area contributed by atoms with Gasteiger partial charge in [-0.2, -0.15) is 0 Å². The lowest BCUT2D eigenvalue weighted by Crippen LogP contribution is -2.33. The van der Waals surface area contributed by atoms with Gasteiger partial charge in [-0.1, -0.05) is 18.8 Å². The third-order valence-electron chi connectivity index (χ3n) is 5.33. The number of unbranched alkanes of at least 4 members (excludes halogenated alkanes) is 3. The molecule has 0 saturated heterocycles. The summed E-state index contributed by atoms with van der Waals surface area (Å²) in [5.41, 5.74) is -0.0862. The van der Waals surface area contributed by atoms with Crippen LogP contribution in [0.25, 0.3) is 11.0 Å². The number of nitrogens with one attached hydrogen (secondary N) is 2. The van der Waals surface area contributed by atoms with Gasteiger partial charge >= 0.3 is 17.8 Å². The maximum atomic E-state index is 12.2. The number of carbonyl (C=O) groups excluding carboxylic acids is 2. The van der Waals surface area contributed by atoms with Crippen LogP contribution in [0.1, 0.15) is 57.6 Å². The number of phenolic OH excluding ortho intramolecular Hbond substituents is 1. The van der Waals surface area contributed by atoms with Crippen LogP contribution in [0.15, 0.2) is 25.8 Å². The molecule has 0 aliphatic heterocycles. The van der Waals surface area contributed by atoms with E-state index in [1.807, 2.05) is 20.8 Å². The standard InChI is InChI=1S/C27H36BrN3O7/c1-6-13-31(5)16-20-23(33)21(28)15-19-18(14-22(32)37-24(19)20)17-36-25(34)29-11-9-7-8-10-12-30-26(35)38-27(2,3)4/h1,14-15,33H,7-13,16-17H2,2-5H3,(H,29,34)(H,30,35). The van der Waals surface area contributed by atoms with Crippen molar-refractivity contribution in [3.05, 3.63) is 38.2 Å². The molecule has 1 aromatic heterocycles. The number of amides is 2. The molecular weight excluding hydrogens is 558 g/mol. The van der Waals surface area contributed by atoms with Crippen molar-refractivity contribution in [2.75, 3.05) is 26.7 Å². The van der Waals surface area contributed by atoms with E-state index in [9.17, 15) is 19.5 Å². The largest absolute Gasteiger partial charge is 0.506 e. The number of terminal acetylenes is 1. The summed E-state index contributed by atoms with van der Waals surface area (Å²) >= 11 is 3.34. The summed E-state index contributed by atoms with van der Waals surface area (Å²) < 4.78 is 16.3. The number of alkyl carbamates (subject to hydrolysis) is 2. The smallest absolute Gasteiger partial charge is 0.407 e. The molecule has 1 heterocycles. The Kier molecular flexibility index (Phi) is 11.9. The Morgan fingerprint density at radius 1 is 1.13 bits per heavy atom. The fraction of sp³-hybridized carbons (Fsp3) is 0.519. The first-order valence-corrected chi connectivity index (χ1v) is 13.2. The van der Waals surface area contributed by atoms with Gasteiger partial charge in [0.15, 0.2) is 0 Å². The quantitative estimate of drug-likeness (QED) is 0.184. The lowest BCUT2D eigenvalue weighted by molar-refractivity contribution is 0.0526. The SMILES string of the molecule is C#CCN(C)Cc1c(O)c(Br)cc2c(COC(=O)NCCCCCCNC(=O)OC(C)(C)C)cc(=O)oc12. The summed E-state index contributed by atoms with van der Waals surface area (Å²) in [5.74, 6) is 2.47. The second-order valence-corrected chi connectivity index (χ2v) is 10.7. The maximum Gasteiger partial charge on any atom is 0.407 e. The highest BCUT2D eigenvalue weighted by Crippen LogP contribution is 2.36. The van der Waals surface area contributed by atoms with E-state index in [0.717, 1.165) is 25.7 Å². The van der Waals surface area contributed by atoms with Gasteiger partial charge in [-0.3, -0.25) is 4.90 Å². The fourth-order valence-electron chi connectivity index (χ4n) is 3.62. The Hall–Kier alpha value is -3.23. The van der Waals surface area contributed by atoms with Crippen molar-refractivity contribution in [2.24, 2.45) is 0 Å². The van der Waals surface area contributed by atoms with Gasteiger partial charge in [0.1, 0.15) is 23.5 Å². The molecule has 0 aliphatic rings. The minimum Gasteiger partial charge on any atom is -0.506 e. The van der Waals surface area contributed by atoms with Crippen LogP contribution in [0.3, 0.4) is 0 Å². The first kappa shape index (κ1) is 31.0. The lowest BCUT2D eigenvalue weighted by atomic mass is 10.1. The third-order valence-corrected chi connectivity index (χ3v) is 5.94. The van der Waals surface area contributed by atoms with Gasteiger partial charge in [-0.05, 0) is 62.7 Å². The number of hydrogen-bond acceptors (Lipinski definition) is 8. The number of ether oxygens (including phenoxy) is 2. The molecule has 2 rings (SSSR count). The summed E-state index contributed by atoms with van der Waals surface area (Å²) in [6.07, 6.45) is 7.65. The van der Waals surface area contributed by atoms with E-state index in [4.69, 9.17) is 20.3 Å². The minimum atomic E-state index is -0.625. The number of halogens is 1. The predicted octanol–water partition coefficient (Wildman–Crippen LogP) is 4.64. The number of hydrogen-bond donors (Lipinski definition) is 3. The van der Waals surface area contributed by atoms with E-state index in [-0.39, 0.29) is 24.5 Å². The summed E-state index contributed by atoms with van der Waals surface area (Å²) in [5, 5.41) is 16.5. The molecule has 0 fully saturated rings. The van der Waals surface area contributed by atoms with E-state index in [1.165, 1.54) is 6.07 Å². The summed E-state index contributed by atoms with van der Waals surface area (Å²) in [7, 11) is 1.78. The van der Waals surface area contributed by atoms with Crippen molar-refractivity contribution < 1.29 is 28.6 Å². The first-order chi connectivity index (χ1) is 17.9. The van der Waals surface area contributed by atoms with Crippen LogP contribution in [-0.4, -0.2) is 54.5 Å². The topological polar surface area (TPSA) is 130 Å². The Morgan fingerprint density at radius 2 is 1.76 bits per heavy atom. The Morgan fingerprint density at radius 3 is 2.37 bits per heavy atom. The number of phenols is 1.